The highest BCUT2D eigenvalue weighted by molar-refractivity contribution is 5.82. The summed E-state index contributed by atoms with van der Waals surface area (Å²) < 4.78 is 1.67. The molecule has 2 aromatic carbocycles. The average molecular weight is 429 g/mol. The van der Waals surface area contributed by atoms with Crippen LogP contribution >= 0.6 is 0 Å². The normalized spacial score (nSPS) is 11.1. The Bertz CT molecular complexity index is 1230. The number of nitrogens with zero attached hydrogens (tertiary/aromatic N) is 5. The number of nitrogens with one attached hydrogen (secondary N) is 1. The van der Waals surface area contributed by atoms with Gasteiger partial charge >= 0.3 is 0 Å². The monoisotopic (exact) mass is 428 g/mol. The van der Waals surface area contributed by atoms with E-state index < -0.39 is 0 Å². The minimum absolute atomic E-state index is 0.0111. The Hall–Kier alpha value is -3.61. The lowest BCUT2D eigenvalue weighted by Gasteiger charge is -2.14. The van der Waals surface area contributed by atoms with Gasteiger partial charge in [0, 0.05) is 30.3 Å². The number of unbranched alkanes of at least 4 members (excludes halogenated alkanes) is 1. The molecule has 0 spiro atoms. The number of H-pyrrole nitrogens is 1. The SMILES string of the molecule is CCCCc1ccccc1-c1ccc(Cc2cncn(CCC)c2=O)cc1-c1nn[nH]n1. The Labute approximate surface area is 187 Å². The highest BCUT2D eigenvalue weighted by Gasteiger charge is 2.16. The summed E-state index contributed by atoms with van der Waals surface area (Å²) in [5, 5.41) is 14.8. The van der Waals surface area contributed by atoms with E-state index in [9.17, 15) is 4.79 Å². The zero-order valence-corrected chi connectivity index (χ0v) is 18.6. The van der Waals surface area contributed by atoms with Crippen LogP contribution in [0.4, 0.5) is 0 Å². The van der Waals surface area contributed by atoms with Crippen LogP contribution in [0.2, 0.25) is 0 Å². The van der Waals surface area contributed by atoms with Crippen LogP contribution in [0.25, 0.3) is 22.5 Å². The second-order valence-corrected chi connectivity index (χ2v) is 7.97. The van der Waals surface area contributed by atoms with Gasteiger partial charge in [-0.1, -0.05) is 56.7 Å². The smallest absolute Gasteiger partial charge is 0.256 e. The van der Waals surface area contributed by atoms with Crippen LogP contribution in [0.5, 0.6) is 0 Å². The molecule has 0 radical (unpaired) electrons. The lowest BCUT2D eigenvalue weighted by Crippen LogP contribution is -2.24. The zero-order valence-electron chi connectivity index (χ0n) is 18.6. The molecule has 7 nitrogen and oxygen atoms in total. The topological polar surface area (TPSA) is 89.4 Å². The van der Waals surface area contributed by atoms with Gasteiger partial charge in [0.25, 0.3) is 5.56 Å². The lowest BCUT2D eigenvalue weighted by molar-refractivity contribution is 0.634. The molecule has 0 aliphatic rings. The first-order valence-electron chi connectivity index (χ1n) is 11.2. The second kappa shape index (κ2) is 10.1. The van der Waals surface area contributed by atoms with Gasteiger partial charge < -0.3 is 0 Å². The molecule has 0 saturated carbocycles. The molecular formula is C25H28N6O. The Morgan fingerprint density at radius 3 is 2.62 bits per heavy atom. The van der Waals surface area contributed by atoms with E-state index in [-0.39, 0.29) is 5.56 Å². The first-order valence-corrected chi connectivity index (χ1v) is 11.2. The summed E-state index contributed by atoms with van der Waals surface area (Å²) in [6.45, 7) is 4.92. The number of tetrazole rings is 1. The van der Waals surface area contributed by atoms with Gasteiger partial charge in [-0.05, 0) is 52.8 Å². The molecule has 0 fully saturated rings. The standard InChI is InChI=1S/C25H28N6O/c1-3-5-8-19-9-6-7-10-21(19)22-12-11-18(15-23(22)24-27-29-30-28-24)14-20-16-26-17-31(13-4-2)25(20)32/h6-7,9-12,15-17H,3-5,8,13-14H2,1-2H3,(H,27,28,29,30). The fraction of sp³-hybridized carbons (Fsp3) is 0.320. The molecule has 32 heavy (non-hydrogen) atoms. The molecule has 2 heterocycles. The minimum atomic E-state index is 0.0111. The van der Waals surface area contributed by atoms with Gasteiger partial charge in [0.15, 0.2) is 0 Å². The van der Waals surface area contributed by atoms with E-state index in [2.05, 4.69) is 75.0 Å². The van der Waals surface area contributed by atoms with Crippen LogP contribution in [0, 0.1) is 0 Å². The molecule has 2 aromatic heterocycles. The van der Waals surface area contributed by atoms with Gasteiger partial charge in [-0.2, -0.15) is 5.21 Å². The largest absolute Gasteiger partial charge is 0.299 e. The summed E-state index contributed by atoms with van der Waals surface area (Å²) in [5.74, 6) is 0.543. The molecule has 4 rings (SSSR count). The van der Waals surface area contributed by atoms with Gasteiger partial charge in [-0.25, -0.2) is 4.98 Å². The number of hydrogen-bond donors (Lipinski definition) is 1. The molecule has 0 aliphatic carbocycles. The zero-order chi connectivity index (χ0) is 22.3. The third-order valence-electron chi connectivity index (χ3n) is 5.61. The molecule has 4 aromatic rings. The van der Waals surface area contributed by atoms with Crippen molar-refractivity contribution >= 4 is 0 Å². The molecule has 1 N–H and O–H groups in total. The van der Waals surface area contributed by atoms with E-state index in [4.69, 9.17) is 0 Å². The third kappa shape index (κ3) is 4.66. The molecule has 0 bridgehead atoms. The van der Waals surface area contributed by atoms with Crippen molar-refractivity contribution in [2.75, 3.05) is 0 Å². The number of rotatable bonds is 9. The van der Waals surface area contributed by atoms with Crippen molar-refractivity contribution in [1.82, 2.24) is 30.2 Å². The quantitative estimate of drug-likeness (QED) is 0.426. The van der Waals surface area contributed by atoms with Crippen LogP contribution in [-0.4, -0.2) is 30.2 Å². The predicted octanol–water partition coefficient (Wildman–Crippen LogP) is 4.43. The number of hydrogen-bond acceptors (Lipinski definition) is 5. The van der Waals surface area contributed by atoms with Gasteiger partial charge in [0.2, 0.25) is 5.82 Å². The molecule has 7 heteroatoms. The van der Waals surface area contributed by atoms with Crippen LogP contribution in [0.1, 0.15) is 49.8 Å². The van der Waals surface area contributed by atoms with E-state index in [0.29, 0.717) is 24.4 Å². The number of aromatic amines is 1. The first-order chi connectivity index (χ1) is 15.7. The number of aromatic nitrogens is 6. The fourth-order valence-corrected chi connectivity index (χ4v) is 4.00. The predicted molar refractivity (Wildman–Crippen MR) is 125 cm³/mol. The van der Waals surface area contributed by atoms with E-state index in [0.717, 1.165) is 42.4 Å². The number of aryl methyl sites for hydroxylation is 2. The van der Waals surface area contributed by atoms with Crippen molar-refractivity contribution in [1.29, 1.82) is 0 Å². The second-order valence-electron chi connectivity index (χ2n) is 7.97. The summed E-state index contributed by atoms with van der Waals surface area (Å²) >= 11 is 0. The van der Waals surface area contributed by atoms with Crippen LogP contribution in [0.3, 0.4) is 0 Å². The van der Waals surface area contributed by atoms with Crippen molar-refractivity contribution < 1.29 is 0 Å². The van der Waals surface area contributed by atoms with Crippen molar-refractivity contribution in [3.8, 4) is 22.5 Å². The van der Waals surface area contributed by atoms with E-state index >= 15 is 0 Å². The highest BCUT2D eigenvalue weighted by atomic mass is 16.1. The van der Waals surface area contributed by atoms with Crippen LogP contribution in [-0.2, 0) is 19.4 Å². The fourth-order valence-electron chi connectivity index (χ4n) is 4.00. The maximum Gasteiger partial charge on any atom is 0.256 e. The Morgan fingerprint density at radius 1 is 0.969 bits per heavy atom. The van der Waals surface area contributed by atoms with Gasteiger partial charge in [-0.15, -0.1) is 10.2 Å². The summed E-state index contributed by atoms with van der Waals surface area (Å²) in [7, 11) is 0. The molecule has 0 saturated heterocycles. The van der Waals surface area contributed by atoms with Crippen molar-refractivity contribution in [2.24, 2.45) is 0 Å². The van der Waals surface area contributed by atoms with E-state index in [1.54, 1.807) is 17.1 Å². The Kier molecular flexibility index (Phi) is 6.84. The maximum absolute atomic E-state index is 12.8. The maximum atomic E-state index is 12.8. The summed E-state index contributed by atoms with van der Waals surface area (Å²) in [6, 6.07) is 14.7. The summed E-state index contributed by atoms with van der Waals surface area (Å²) in [4.78, 5) is 17.1. The molecule has 0 atom stereocenters. The Balaban J connectivity index is 1.76. The van der Waals surface area contributed by atoms with Gasteiger partial charge in [0.1, 0.15) is 0 Å². The Morgan fingerprint density at radius 2 is 1.84 bits per heavy atom. The van der Waals surface area contributed by atoms with Gasteiger partial charge in [-0.3, -0.25) is 9.36 Å². The van der Waals surface area contributed by atoms with E-state index in [1.165, 1.54) is 11.1 Å². The first kappa shape index (κ1) is 21.6. The minimum Gasteiger partial charge on any atom is -0.299 e. The summed E-state index contributed by atoms with van der Waals surface area (Å²) in [5.41, 5.74) is 6.15. The molecule has 0 unspecified atom stereocenters. The van der Waals surface area contributed by atoms with Crippen LogP contribution < -0.4 is 5.56 Å². The molecule has 0 amide bonds. The molecule has 0 aliphatic heterocycles. The third-order valence-corrected chi connectivity index (χ3v) is 5.61. The van der Waals surface area contributed by atoms with Crippen molar-refractivity contribution in [2.45, 2.75) is 52.5 Å². The average Bonchev–Trinajstić information content (AvgIpc) is 3.36. The number of benzene rings is 2. The van der Waals surface area contributed by atoms with Gasteiger partial charge in [0.05, 0.1) is 6.33 Å². The van der Waals surface area contributed by atoms with Crippen LogP contribution in [0.15, 0.2) is 59.8 Å². The van der Waals surface area contributed by atoms with Crippen molar-refractivity contribution in [3.63, 3.8) is 0 Å². The molecule has 164 valence electrons. The highest BCUT2D eigenvalue weighted by Crippen LogP contribution is 2.34. The van der Waals surface area contributed by atoms with E-state index in [1.807, 2.05) is 6.92 Å². The lowest BCUT2D eigenvalue weighted by atomic mass is 9.91. The molecular weight excluding hydrogens is 400 g/mol. The van der Waals surface area contributed by atoms with Crippen molar-refractivity contribution in [3.05, 3.63) is 82.0 Å². The summed E-state index contributed by atoms with van der Waals surface area (Å²) in [6.07, 6.45) is 7.96.